The molecule has 0 amide bonds. The van der Waals surface area contributed by atoms with Crippen LogP contribution in [0.15, 0.2) is 10.5 Å². The van der Waals surface area contributed by atoms with Crippen LogP contribution in [0, 0.1) is 17.0 Å². The molecule has 74 valence electrons. The third-order valence-corrected chi connectivity index (χ3v) is 3.61. The van der Waals surface area contributed by atoms with E-state index in [-0.39, 0.29) is 10.7 Å². The SMILES string of the molecule is Nc1c(F)cc(Cl)c(Br)c1C#CSI. The van der Waals surface area contributed by atoms with Gasteiger partial charge in [-0.1, -0.05) is 17.5 Å². The fraction of sp³-hybridized carbons (Fsp3) is 0. The van der Waals surface area contributed by atoms with Gasteiger partial charge in [-0.3, -0.25) is 0 Å². The van der Waals surface area contributed by atoms with Crippen molar-refractivity contribution in [1.29, 1.82) is 0 Å². The summed E-state index contributed by atoms with van der Waals surface area (Å²) >= 11 is 11.0. The second kappa shape index (κ2) is 5.45. The van der Waals surface area contributed by atoms with E-state index in [1.165, 1.54) is 8.93 Å². The lowest BCUT2D eigenvalue weighted by atomic mass is 10.2. The van der Waals surface area contributed by atoms with Crippen LogP contribution in [0.1, 0.15) is 5.56 Å². The predicted molar refractivity (Wildman–Crippen MR) is 72.0 cm³/mol. The van der Waals surface area contributed by atoms with E-state index in [0.717, 1.165) is 6.07 Å². The molecule has 2 N–H and O–H groups in total. The van der Waals surface area contributed by atoms with E-state index < -0.39 is 5.82 Å². The summed E-state index contributed by atoms with van der Waals surface area (Å²) < 4.78 is 13.7. The van der Waals surface area contributed by atoms with Crippen LogP contribution in [0.2, 0.25) is 5.02 Å². The summed E-state index contributed by atoms with van der Waals surface area (Å²) in [5.74, 6) is 2.17. The average Bonchev–Trinajstić information content (AvgIpc) is 2.15. The summed E-state index contributed by atoms with van der Waals surface area (Å²) in [7, 11) is 1.29. The zero-order chi connectivity index (χ0) is 10.7. The van der Waals surface area contributed by atoms with Gasteiger partial charge in [0.25, 0.3) is 0 Å². The monoisotopic (exact) mass is 405 g/mol. The summed E-state index contributed by atoms with van der Waals surface area (Å²) in [6, 6.07) is 1.16. The highest BCUT2D eigenvalue weighted by molar-refractivity contribution is 14.2. The third-order valence-electron chi connectivity index (χ3n) is 1.42. The molecular weight excluding hydrogens is 403 g/mol. The van der Waals surface area contributed by atoms with E-state index in [1.54, 1.807) is 0 Å². The molecule has 1 nitrogen and oxygen atoms in total. The number of rotatable bonds is 0. The van der Waals surface area contributed by atoms with Gasteiger partial charge in [-0.2, -0.15) is 0 Å². The summed E-state index contributed by atoms with van der Waals surface area (Å²) in [6.07, 6.45) is 0. The normalized spacial score (nSPS) is 9.43. The van der Waals surface area contributed by atoms with E-state index in [4.69, 9.17) is 17.3 Å². The largest absolute Gasteiger partial charge is 0.395 e. The first-order chi connectivity index (χ1) is 6.57. The molecule has 0 aliphatic heterocycles. The van der Waals surface area contributed by atoms with Crippen LogP contribution < -0.4 is 5.73 Å². The quantitative estimate of drug-likeness (QED) is 0.302. The van der Waals surface area contributed by atoms with Crippen molar-refractivity contribution < 1.29 is 4.39 Å². The van der Waals surface area contributed by atoms with Crippen LogP contribution in [-0.4, -0.2) is 0 Å². The fourth-order valence-corrected chi connectivity index (χ4v) is 1.89. The van der Waals surface area contributed by atoms with Crippen molar-refractivity contribution >= 4 is 63.4 Å². The van der Waals surface area contributed by atoms with Crippen molar-refractivity contribution in [3.05, 3.63) is 26.9 Å². The van der Waals surface area contributed by atoms with Crippen LogP contribution in [0.25, 0.3) is 0 Å². The van der Waals surface area contributed by atoms with Crippen LogP contribution >= 0.6 is 57.7 Å². The smallest absolute Gasteiger partial charge is 0.148 e. The fourth-order valence-electron chi connectivity index (χ4n) is 0.802. The van der Waals surface area contributed by atoms with Gasteiger partial charge in [0.1, 0.15) is 5.82 Å². The molecular formula is C8H3BrClFINS. The molecule has 0 fully saturated rings. The maximum atomic E-state index is 13.1. The highest BCUT2D eigenvalue weighted by Crippen LogP contribution is 2.32. The number of anilines is 1. The van der Waals surface area contributed by atoms with E-state index in [9.17, 15) is 4.39 Å². The van der Waals surface area contributed by atoms with Gasteiger partial charge in [-0.05, 0) is 36.2 Å². The lowest BCUT2D eigenvalue weighted by Gasteiger charge is -2.04. The molecule has 0 saturated heterocycles. The minimum Gasteiger partial charge on any atom is -0.395 e. The number of halogens is 4. The molecule has 0 bridgehead atoms. The summed E-state index contributed by atoms with van der Waals surface area (Å²) in [4.78, 5) is 0. The van der Waals surface area contributed by atoms with Gasteiger partial charge in [0.05, 0.1) is 20.7 Å². The standard InChI is InChI=1S/C8H3BrClFINS/c9-7-4(1-2-14-12)8(13)6(11)3-5(7)10/h3H,13H2. The predicted octanol–water partition coefficient (Wildman–Crippen LogP) is 4.22. The Kier molecular flexibility index (Phi) is 4.83. The molecule has 1 aromatic rings. The Hall–Kier alpha value is 0.360. The van der Waals surface area contributed by atoms with Gasteiger partial charge in [-0.25, -0.2) is 4.39 Å². The Balaban J connectivity index is 3.39. The second-order valence-electron chi connectivity index (χ2n) is 2.25. The van der Waals surface area contributed by atoms with Crippen molar-refractivity contribution in [1.82, 2.24) is 0 Å². The molecule has 0 saturated carbocycles. The van der Waals surface area contributed by atoms with E-state index in [0.29, 0.717) is 10.0 Å². The first kappa shape index (κ1) is 12.4. The summed E-state index contributed by atoms with van der Waals surface area (Å²) in [6.45, 7) is 0. The number of nitrogens with two attached hydrogens (primary N) is 1. The molecule has 1 aromatic carbocycles. The molecule has 6 heteroatoms. The first-order valence-electron chi connectivity index (χ1n) is 3.29. The molecule has 0 aliphatic carbocycles. The van der Waals surface area contributed by atoms with Crippen molar-refractivity contribution in [2.75, 3.05) is 5.73 Å². The van der Waals surface area contributed by atoms with Gasteiger partial charge in [0, 0.05) is 21.2 Å². The number of hydrogen-bond donors (Lipinski definition) is 1. The van der Waals surface area contributed by atoms with Gasteiger partial charge in [-0.15, -0.1) is 0 Å². The Labute approximate surface area is 111 Å². The van der Waals surface area contributed by atoms with Crippen LogP contribution in [-0.2, 0) is 0 Å². The third kappa shape index (κ3) is 2.69. The van der Waals surface area contributed by atoms with Gasteiger partial charge < -0.3 is 5.73 Å². The molecule has 0 spiro atoms. The van der Waals surface area contributed by atoms with Crippen molar-refractivity contribution in [2.24, 2.45) is 0 Å². The molecule has 1 rings (SSSR count). The molecule has 0 radical (unpaired) electrons. The Morgan fingerprint density at radius 3 is 2.86 bits per heavy atom. The zero-order valence-corrected chi connectivity index (χ0v) is 11.9. The molecule has 0 atom stereocenters. The Bertz CT molecular complexity index is 403. The molecule has 14 heavy (non-hydrogen) atoms. The maximum absolute atomic E-state index is 13.1. The van der Waals surface area contributed by atoms with Crippen molar-refractivity contribution in [3.8, 4) is 11.2 Å². The summed E-state index contributed by atoms with van der Waals surface area (Å²) in [5, 5.41) is 2.98. The number of benzene rings is 1. The van der Waals surface area contributed by atoms with Crippen LogP contribution in [0.4, 0.5) is 10.1 Å². The molecule has 0 heterocycles. The summed E-state index contributed by atoms with van der Waals surface area (Å²) in [5.41, 5.74) is 5.92. The molecule has 0 unspecified atom stereocenters. The number of hydrogen-bond acceptors (Lipinski definition) is 2. The van der Waals surface area contributed by atoms with Gasteiger partial charge >= 0.3 is 0 Å². The minimum atomic E-state index is -0.555. The van der Waals surface area contributed by atoms with E-state index in [2.05, 4.69) is 27.1 Å². The van der Waals surface area contributed by atoms with Crippen molar-refractivity contribution in [3.63, 3.8) is 0 Å². The topological polar surface area (TPSA) is 26.0 Å². The second-order valence-corrected chi connectivity index (χ2v) is 5.13. The minimum absolute atomic E-state index is 0.0132. The zero-order valence-electron chi connectivity index (χ0n) is 6.57. The van der Waals surface area contributed by atoms with E-state index in [1.807, 2.05) is 21.2 Å². The highest BCUT2D eigenvalue weighted by atomic mass is 127. The van der Waals surface area contributed by atoms with E-state index >= 15 is 0 Å². The Morgan fingerprint density at radius 2 is 2.29 bits per heavy atom. The highest BCUT2D eigenvalue weighted by Gasteiger charge is 2.11. The molecule has 0 aromatic heterocycles. The van der Waals surface area contributed by atoms with Gasteiger partial charge in [0.15, 0.2) is 0 Å². The van der Waals surface area contributed by atoms with Gasteiger partial charge in [0.2, 0.25) is 0 Å². The number of nitrogen functional groups attached to an aromatic ring is 1. The van der Waals surface area contributed by atoms with Crippen LogP contribution in [0.5, 0.6) is 0 Å². The lowest BCUT2D eigenvalue weighted by Crippen LogP contribution is -1.96. The lowest BCUT2D eigenvalue weighted by molar-refractivity contribution is 0.632. The molecule has 0 aliphatic rings. The van der Waals surface area contributed by atoms with Crippen LogP contribution in [0.3, 0.4) is 0 Å². The Morgan fingerprint density at radius 1 is 1.64 bits per heavy atom. The first-order valence-corrected chi connectivity index (χ1v) is 7.82. The van der Waals surface area contributed by atoms with Crippen molar-refractivity contribution in [2.45, 2.75) is 0 Å². The average molecular weight is 406 g/mol. The maximum Gasteiger partial charge on any atom is 0.148 e.